The predicted octanol–water partition coefficient (Wildman–Crippen LogP) is 3.77. The molecule has 3 rings (SSSR count). The maximum absolute atomic E-state index is 12.9. The molecule has 0 saturated carbocycles. The minimum absolute atomic E-state index is 0.109. The monoisotopic (exact) mass is 329 g/mol. The third kappa shape index (κ3) is 3.43. The molecule has 1 aliphatic heterocycles. The van der Waals surface area contributed by atoms with Crippen molar-refractivity contribution in [3.05, 3.63) is 70.4 Å². The Morgan fingerprint density at radius 3 is 2.35 bits per heavy atom. The first-order chi connectivity index (χ1) is 11.0. The number of amides is 2. The summed E-state index contributed by atoms with van der Waals surface area (Å²) in [6.07, 6.45) is 1.61. The van der Waals surface area contributed by atoms with Crippen LogP contribution in [-0.4, -0.2) is 21.2 Å². The SMILES string of the molecule is O=C1S/C(=C/c2ccc(O)cc2)C(=O)N1Cc1ccc(F)cc1. The highest BCUT2D eigenvalue weighted by atomic mass is 32.2. The van der Waals surface area contributed by atoms with Crippen molar-refractivity contribution in [1.82, 2.24) is 4.90 Å². The Balaban J connectivity index is 1.79. The molecule has 2 aromatic rings. The summed E-state index contributed by atoms with van der Waals surface area (Å²) in [4.78, 5) is 25.8. The van der Waals surface area contributed by atoms with Crippen molar-refractivity contribution in [1.29, 1.82) is 0 Å². The molecule has 0 atom stereocenters. The molecule has 6 heteroatoms. The third-order valence-corrected chi connectivity index (χ3v) is 4.23. The van der Waals surface area contributed by atoms with Crippen molar-refractivity contribution in [3.63, 3.8) is 0 Å². The lowest BCUT2D eigenvalue weighted by molar-refractivity contribution is -0.123. The summed E-state index contributed by atoms with van der Waals surface area (Å²) in [5.41, 5.74) is 1.40. The summed E-state index contributed by atoms with van der Waals surface area (Å²) in [6.45, 7) is 0.109. The summed E-state index contributed by atoms with van der Waals surface area (Å²) in [7, 11) is 0. The second-order valence-corrected chi connectivity index (χ2v) is 5.98. The number of imide groups is 1. The average molecular weight is 329 g/mol. The zero-order valence-corrected chi connectivity index (χ0v) is 12.7. The quantitative estimate of drug-likeness (QED) is 0.871. The molecule has 23 heavy (non-hydrogen) atoms. The van der Waals surface area contributed by atoms with E-state index in [1.807, 2.05) is 0 Å². The van der Waals surface area contributed by atoms with Gasteiger partial charge >= 0.3 is 0 Å². The molecular weight excluding hydrogens is 317 g/mol. The zero-order valence-electron chi connectivity index (χ0n) is 11.9. The van der Waals surface area contributed by atoms with Crippen LogP contribution in [0.2, 0.25) is 0 Å². The normalized spacial score (nSPS) is 16.4. The first-order valence-corrected chi connectivity index (χ1v) is 7.63. The van der Waals surface area contributed by atoms with E-state index < -0.39 is 0 Å². The van der Waals surface area contributed by atoms with Gasteiger partial charge in [-0.05, 0) is 53.2 Å². The van der Waals surface area contributed by atoms with Crippen LogP contribution in [0.25, 0.3) is 6.08 Å². The molecule has 0 aromatic heterocycles. The largest absolute Gasteiger partial charge is 0.508 e. The number of hydrogen-bond acceptors (Lipinski definition) is 4. The highest BCUT2D eigenvalue weighted by Gasteiger charge is 2.34. The Kier molecular flexibility index (Phi) is 4.16. The molecule has 0 radical (unpaired) electrons. The van der Waals surface area contributed by atoms with Crippen molar-refractivity contribution >= 4 is 29.0 Å². The molecule has 1 fully saturated rings. The van der Waals surface area contributed by atoms with Gasteiger partial charge in [-0.1, -0.05) is 24.3 Å². The fourth-order valence-electron chi connectivity index (χ4n) is 2.13. The first kappa shape index (κ1) is 15.3. The van der Waals surface area contributed by atoms with Crippen molar-refractivity contribution in [2.24, 2.45) is 0 Å². The standard InChI is InChI=1S/C17H12FNO3S/c18-13-5-1-12(2-6-13)10-19-16(21)15(23-17(19)22)9-11-3-7-14(20)8-4-11/h1-9,20H,10H2/b15-9+. The molecule has 4 nitrogen and oxygen atoms in total. The summed E-state index contributed by atoms with van der Waals surface area (Å²) < 4.78 is 12.9. The average Bonchev–Trinajstić information content (AvgIpc) is 2.79. The Morgan fingerprint density at radius 1 is 1.04 bits per heavy atom. The Bertz CT molecular complexity index is 784. The molecule has 0 aliphatic carbocycles. The number of nitrogens with zero attached hydrogens (tertiary/aromatic N) is 1. The summed E-state index contributed by atoms with van der Waals surface area (Å²) in [5.74, 6) is -0.612. The van der Waals surface area contributed by atoms with Crippen LogP contribution in [0.1, 0.15) is 11.1 Å². The number of halogens is 1. The number of phenolic OH excluding ortho intramolecular Hbond substituents is 1. The molecule has 1 heterocycles. The van der Waals surface area contributed by atoms with Crippen LogP contribution in [0.15, 0.2) is 53.4 Å². The maximum atomic E-state index is 12.9. The molecule has 2 amide bonds. The number of phenols is 1. The van der Waals surface area contributed by atoms with Crippen molar-refractivity contribution in [3.8, 4) is 5.75 Å². The highest BCUT2D eigenvalue weighted by molar-refractivity contribution is 8.18. The molecule has 0 spiro atoms. The second-order valence-electron chi connectivity index (χ2n) is 4.99. The predicted molar refractivity (Wildman–Crippen MR) is 86.0 cm³/mol. The molecule has 2 aromatic carbocycles. The van der Waals surface area contributed by atoms with Crippen LogP contribution in [0.4, 0.5) is 9.18 Å². The minimum Gasteiger partial charge on any atom is -0.508 e. The topological polar surface area (TPSA) is 57.6 Å². The molecular formula is C17H12FNO3S. The van der Waals surface area contributed by atoms with Crippen LogP contribution in [0.5, 0.6) is 5.75 Å². The molecule has 1 saturated heterocycles. The number of benzene rings is 2. The number of hydrogen-bond donors (Lipinski definition) is 1. The molecule has 116 valence electrons. The fraction of sp³-hybridized carbons (Fsp3) is 0.0588. The smallest absolute Gasteiger partial charge is 0.293 e. The van der Waals surface area contributed by atoms with E-state index >= 15 is 0 Å². The molecule has 1 aliphatic rings. The molecule has 1 N–H and O–H groups in total. The lowest BCUT2D eigenvalue weighted by atomic mass is 10.2. The van der Waals surface area contributed by atoms with Gasteiger partial charge in [0.1, 0.15) is 11.6 Å². The summed E-state index contributed by atoms with van der Waals surface area (Å²) in [5, 5.41) is 8.90. The van der Waals surface area contributed by atoms with Crippen molar-refractivity contribution < 1.29 is 19.1 Å². The summed E-state index contributed by atoms with van der Waals surface area (Å²) >= 11 is 0.865. The molecule has 0 unspecified atom stereocenters. The van der Waals surface area contributed by atoms with Crippen LogP contribution >= 0.6 is 11.8 Å². The van der Waals surface area contributed by atoms with Gasteiger partial charge in [-0.25, -0.2) is 4.39 Å². The minimum atomic E-state index is -0.377. The van der Waals surface area contributed by atoms with Crippen LogP contribution in [0.3, 0.4) is 0 Å². The van der Waals surface area contributed by atoms with Gasteiger partial charge in [0.25, 0.3) is 11.1 Å². The van der Waals surface area contributed by atoms with E-state index in [1.165, 1.54) is 24.3 Å². The Labute approximate surface area is 136 Å². The van der Waals surface area contributed by atoms with Crippen LogP contribution in [0, 0.1) is 5.82 Å². The van der Waals surface area contributed by atoms with Gasteiger partial charge in [-0.3, -0.25) is 14.5 Å². The van der Waals surface area contributed by atoms with Gasteiger partial charge in [0.2, 0.25) is 0 Å². The number of aromatic hydroxyl groups is 1. The van der Waals surface area contributed by atoms with E-state index in [2.05, 4.69) is 0 Å². The number of thioether (sulfide) groups is 1. The van der Waals surface area contributed by atoms with Crippen molar-refractivity contribution in [2.75, 3.05) is 0 Å². The second kappa shape index (κ2) is 6.26. The molecule has 0 bridgehead atoms. The fourth-order valence-corrected chi connectivity index (χ4v) is 2.97. The third-order valence-electron chi connectivity index (χ3n) is 3.32. The van der Waals surface area contributed by atoms with Gasteiger partial charge in [-0.15, -0.1) is 0 Å². The van der Waals surface area contributed by atoms with E-state index in [0.717, 1.165) is 22.2 Å². The van der Waals surface area contributed by atoms with E-state index in [-0.39, 0.29) is 29.3 Å². The van der Waals surface area contributed by atoms with Gasteiger partial charge < -0.3 is 5.11 Å². The van der Waals surface area contributed by atoms with E-state index in [4.69, 9.17) is 0 Å². The van der Waals surface area contributed by atoms with E-state index in [1.54, 1.807) is 30.3 Å². The maximum Gasteiger partial charge on any atom is 0.293 e. The van der Waals surface area contributed by atoms with Gasteiger partial charge in [0, 0.05) is 0 Å². The number of carbonyl (C=O) groups is 2. The van der Waals surface area contributed by atoms with Crippen molar-refractivity contribution in [2.45, 2.75) is 6.54 Å². The van der Waals surface area contributed by atoms with Gasteiger partial charge in [0.15, 0.2) is 0 Å². The van der Waals surface area contributed by atoms with Gasteiger partial charge in [0.05, 0.1) is 11.4 Å². The number of rotatable bonds is 3. The zero-order chi connectivity index (χ0) is 16.4. The lowest BCUT2D eigenvalue weighted by Crippen LogP contribution is -2.27. The van der Waals surface area contributed by atoms with Gasteiger partial charge in [-0.2, -0.15) is 0 Å². The number of carbonyl (C=O) groups excluding carboxylic acids is 2. The Hall–Kier alpha value is -2.60. The van der Waals surface area contributed by atoms with E-state index in [0.29, 0.717) is 10.5 Å². The first-order valence-electron chi connectivity index (χ1n) is 6.82. The Morgan fingerprint density at radius 2 is 1.70 bits per heavy atom. The van der Waals surface area contributed by atoms with E-state index in [9.17, 15) is 19.1 Å². The summed E-state index contributed by atoms with van der Waals surface area (Å²) in [6, 6.07) is 12.0. The highest BCUT2D eigenvalue weighted by Crippen LogP contribution is 2.33. The van der Waals surface area contributed by atoms with Crippen LogP contribution < -0.4 is 0 Å². The lowest BCUT2D eigenvalue weighted by Gasteiger charge is -2.12. The van der Waals surface area contributed by atoms with Crippen LogP contribution in [-0.2, 0) is 11.3 Å².